The molecule has 0 bridgehead atoms. The predicted molar refractivity (Wildman–Crippen MR) is 144 cm³/mol. The monoisotopic (exact) mass is 524 g/mol. The quantitative estimate of drug-likeness (QED) is 0.142. The number of carbonyl (C=O) groups excluding carboxylic acids is 2. The minimum absolute atomic E-state index is 0.0184. The van der Waals surface area contributed by atoms with Crippen LogP contribution in [0, 0.1) is 5.92 Å². The van der Waals surface area contributed by atoms with Crippen LogP contribution >= 0.6 is 12.6 Å². The second-order valence-electron chi connectivity index (χ2n) is 8.11. The highest BCUT2D eigenvalue weighted by Crippen LogP contribution is 2.24. The van der Waals surface area contributed by atoms with Gasteiger partial charge in [-0.15, -0.1) is 0 Å². The molecule has 210 valence electrons. The van der Waals surface area contributed by atoms with Gasteiger partial charge >= 0.3 is 6.09 Å². The van der Waals surface area contributed by atoms with Crippen LogP contribution in [-0.2, 0) is 28.5 Å². The standard InChI is InChI=1S/C18H36N2O6S.C5H10O.C2H6/c1-19-6-8-22-10-12-24-14-15-25-13-11-23-9-7-20-18(21)26-16-2-4-17(27)5-3-16;1-5(2)3-4-6;1-2/h16-17,19,27H,2-15H2,1H3,(H,20,21);4-5H,3H2,1-2H3;1-2H3. The van der Waals surface area contributed by atoms with Gasteiger partial charge in [0.2, 0.25) is 0 Å². The summed E-state index contributed by atoms with van der Waals surface area (Å²) in [7, 11) is 1.89. The lowest BCUT2D eigenvalue weighted by Crippen LogP contribution is -2.33. The molecule has 0 aromatic rings. The summed E-state index contributed by atoms with van der Waals surface area (Å²) in [6, 6.07) is 0. The summed E-state index contributed by atoms with van der Waals surface area (Å²) in [5.41, 5.74) is 0. The lowest BCUT2D eigenvalue weighted by molar-refractivity contribution is -0.108. The van der Waals surface area contributed by atoms with Crippen LogP contribution in [0.2, 0.25) is 0 Å². The van der Waals surface area contributed by atoms with Gasteiger partial charge in [-0.2, -0.15) is 12.6 Å². The zero-order valence-electron chi connectivity index (χ0n) is 22.7. The first-order valence-electron chi connectivity index (χ1n) is 13.0. The Balaban J connectivity index is 0. The molecule has 9 nitrogen and oxygen atoms in total. The molecule has 1 amide bonds. The molecule has 10 heteroatoms. The maximum atomic E-state index is 11.7. The van der Waals surface area contributed by atoms with Crippen molar-refractivity contribution in [3.8, 4) is 0 Å². The smallest absolute Gasteiger partial charge is 0.407 e. The average Bonchev–Trinajstić information content (AvgIpc) is 2.84. The number of thiol groups is 1. The van der Waals surface area contributed by atoms with E-state index in [0.29, 0.717) is 77.0 Å². The number of hydrogen-bond donors (Lipinski definition) is 3. The van der Waals surface area contributed by atoms with Crippen molar-refractivity contribution in [1.29, 1.82) is 0 Å². The zero-order valence-corrected chi connectivity index (χ0v) is 23.6. The third-order valence-corrected chi connectivity index (χ3v) is 5.13. The van der Waals surface area contributed by atoms with E-state index < -0.39 is 0 Å². The first kappa shape index (κ1) is 36.2. The minimum atomic E-state index is -0.371. The van der Waals surface area contributed by atoms with Crippen molar-refractivity contribution in [2.75, 3.05) is 73.0 Å². The van der Waals surface area contributed by atoms with Crippen LogP contribution in [0.5, 0.6) is 0 Å². The molecule has 0 radical (unpaired) electrons. The summed E-state index contributed by atoms with van der Waals surface area (Å²) in [4.78, 5) is 21.3. The fourth-order valence-corrected chi connectivity index (χ4v) is 3.01. The number of carbonyl (C=O) groups is 2. The van der Waals surface area contributed by atoms with E-state index in [1.807, 2.05) is 34.7 Å². The normalized spacial score (nSPS) is 17.0. The molecule has 0 aromatic heterocycles. The largest absolute Gasteiger partial charge is 0.446 e. The lowest BCUT2D eigenvalue weighted by atomic mass is 9.97. The molecule has 2 N–H and O–H groups in total. The van der Waals surface area contributed by atoms with E-state index in [4.69, 9.17) is 23.7 Å². The van der Waals surface area contributed by atoms with Gasteiger partial charge in [0.05, 0.1) is 52.9 Å². The van der Waals surface area contributed by atoms with Crippen LogP contribution in [0.15, 0.2) is 0 Å². The van der Waals surface area contributed by atoms with Crippen LogP contribution in [0.4, 0.5) is 4.79 Å². The average molecular weight is 525 g/mol. The molecule has 1 rings (SSSR count). The summed E-state index contributed by atoms with van der Waals surface area (Å²) < 4.78 is 26.9. The fraction of sp³-hybridized carbons (Fsp3) is 0.920. The Labute approximate surface area is 219 Å². The van der Waals surface area contributed by atoms with Crippen molar-refractivity contribution in [2.45, 2.75) is 71.2 Å². The second-order valence-corrected chi connectivity index (χ2v) is 8.84. The zero-order chi connectivity index (χ0) is 26.6. The molecule has 1 aliphatic rings. The van der Waals surface area contributed by atoms with E-state index in [0.717, 1.165) is 38.5 Å². The van der Waals surface area contributed by atoms with Gasteiger partial charge in [-0.3, -0.25) is 0 Å². The van der Waals surface area contributed by atoms with E-state index in [9.17, 15) is 9.59 Å². The Kier molecular flexibility index (Phi) is 30.4. The number of rotatable bonds is 18. The number of nitrogens with one attached hydrogen (secondary N) is 2. The van der Waals surface area contributed by atoms with Crippen molar-refractivity contribution in [3.05, 3.63) is 0 Å². The highest BCUT2D eigenvalue weighted by molar-refractivity contribution is 7.80. The molecule has 35 heavy (non-hydrogen) atoms. The van der Waals surface area contributed by atoms with Gasteiger partial charge in [0, 0.05) is 24.8 Å². The molecule has 1 saturated carbocycles. The molecule has 1 fully saturated rings. The maximum Gasteiger partial charge on any atom is 0.407 e. The van der Waals surface area contributed by atoms with E-state index in [-0.39, 0.29) is 12.2 Å². The number of hydrogen-bond acceptors (Lipinski definition) is 9. The second kappa shape index (κ2) is 29.3. The summed E-state index contributed by atoms with van der Waals surface area (Å²) in [6.07, 6.45) is 5.07. The highest BCUT2D eigenvalue weighted by Gasteiger charge is 2.21. The molecule has 0 aromatic carbocycles. The maximum absolute atomic E-state index is 11.7. The Hall–Kier alpha value is -0.910. The molecule has 0 saturated heterocycles. The third-order valence-electron chi connectivity index (χ3n) is 4.61. The fourth-order valence-electron chi connectivity index (χ4n) is 2.71. The first-order valence-corrected chi connectivity index (χ1v) is 13.5. The number of alkyl carbamates (subject to hydrolysis) is 1. The Morgan fingerprint density at radius 3 is 1.71 bits per heavy atom. The Morgan fingerprint density at radius 2 is 1.31 bits per heavy atom. The van der Waals surface area contributed by atoms with Crippen molar-refractivity contribution < 1.29 is 33.3 Å². The van der Waals surface area contributed by atoms with Crippen molar-refractivity contribution in [1.82, 2.24) is 10.6 Å². The van der Waals surface area contributed by atoms with Crippen LogP contribution in [0.1, 0.15) is 59.8 Å². The molecule has 1 aliphatic carbocycles. The van der Waals surface area contributed by atoms with Crippen molar-refractivity contribution in [2.24, 2.45) is 5.92 Å². The van der Waals surface area contributed by atoms with E-state index in [1.54, 1.807) is 0 Å². The van der Waals surface area contributed by atoms with E-state index >= 15 is 0 Å². The lowest BCUT2D eigenvalue weighted by Gasteiger charge is -2.25. The first-order chi connectivity index (χ1) is 17.0. The van der Waals surface area contributed by atoms with Gasteiger partial charge in [0.1, 0.15) is 12.4 Å². The van der Waals surface area contributed by atoms with Gasteiger partial charge in [-0.1, -0.05) is 27.7 Å². The molecular weight excluding hydrogens is 472 g/mol. The minimum Gasteiger partial charge on any atom is -0.446 e. The molecule has 0 spiro atoms. The van der Waals surface area contributed by atoms with Crippen LogP contribution < -0.4 is 10.6 Å². The number of amides is 1. The van der Waals surface area contributed by atoms with E-state index in [2.05, 4.69) is 23.3 Å². The summed E-state index contributed by atoms with van der Waals surface area (Å²) in [6.45, 7) is 13.7. The Morgan fingerprint density at radius 1 is 0.857 bits per heavy atom. The van der Waals surface area contributed by atoms with Crippen molar-refractivity contribution in [3.63, 3.8) is 0 Å². The number of likely N-dealkylation sites (N-methyl/N-ethyl adjacent to an activating group) is 1. The Bertz CT molecular complexity index is 452. The molecule has 0 heterocycles. The number of aldehydes is 1. The van der Waals surface area contributed by atoms with Crippen LogP contribution in [-0.4, -0.2) is 96.7 Å². The molecule has 0 aliphatic heterocycles. The predicted octanol–water partition coefficient (Wildman–Crippen LogP) is 3.50. The molecular formula is C25H52N2O7S. The molecule has 0 unspecified atom stereocenters. The van der Waals surface area contributed by atoms with E-state index in [1.165, 1.54) is 0 Å². The SMILES string of the molecule is CC.CC(C)CC=O.CNCCOCCOCCOCCOCCNC(=O)OC1CCC(S)CC1. The third kappa shape index (κ3) is 29.2. The summed E-state index contributed by atoms with van der Waals surface area (Å²) >= 11 is 4.43. The van der Waals surface area contributed by atoms with Gasteiger partial charge < -0.3 is 39.1 Å². The van der Waals surface area contributed by atoms with Crippen LogP contribution in [0.3, 0.4) is 0 Å². The molecule has 0 atom stereocenters. The van der Waals surface area contributed by atoms with Gasteiger partial charge in [0.25, 0.3) is 0 Å². The van der Waals surface area contributed by atoms with Crippen LogP contribution in [0.25, 0.3) is 0 Å². The summed E-state index contributed by atoms with van der Waals surface area (Å²) in [5, 5.41) is 6.15. The van der Waals surface area contributed by atoms with Gasteiger partial charge in [-0.05, 0) is 38.6 Å². The topological polar surface area (TPSA) is 104 Å². The van der Waals surface area contributed by atoms with Gasteiger partial charge in [-0.25, -0.2) is 4.79 Å². The van der Waals surface area contributed by atoms with Gasteiger partial charge in [0.15, 0.2) is 0 Å². The number of ether oxygens (including phenoxy) is 5. The summed E-state index contributed by atoms with van der Waals surface area (Å²) in [5.74, 6) is 0.530. The highest BCUT2D eigenvalue weighted by atomic mass is 32.1. The van der Waals surface area contributed by atoms with Crippen molar-refractivity contribution >= 4 is 25.0 Å².